The Kier molecular flexibility index (Phi) is 8.77. The van der Waals surface area contributed by atoms with E-state index in [2.05, 4.69) is 10.2 Å². The van der Waals surface area contributed by atoms with E-state index in [0.717, 1.165) is 15.1 Å². The highest BCUT2D eigenvalue weighted by atomic mass is 32.2. The fraction of sp³-hybridized carbons (Fsp3) is 0.273. The van der Waals surface area contributed by atoms with Gasteiger partial charge in [-0.05, 0) is 48.0 Å². The Labute approximate surface area is 276 Å². The fourth-order valence-corrected chi connectivity index (χ4v) is 6.82. The van der Waals surface area contributed by atoms with Crippen molar-refractivity contribution in [3.63, 3.8) is 0 Å². The molecule has 2 aromatic heterocycles. The Bertz CT molecular complexity index is 2200. The molecule has 0 fully saturated rings. The average molecular weight is 702 g/mol. The summed E-state index contributed by atoms with van der Waals surface area (Å²) in [5.74, 6) is -2.38. The molecule has 1 aliphatic heterocycles. The molecule has 1 aliphatic rings. The number of alkyl halides is 4. The summed E-state index contributed by atoms with van der Waals surface area (Å²) in [5, 5.41) is 7.18. The van der Waals surface area contributed by atoms with E-state index < -0.39 is 47.0 Å². The predicted octanol–water partition coefficient (Wildman–Crippen LogP) is 6.50. The number of ketones is 1. The Morgan fingerprint density at radius 2 is 1.73 bits per heavy atom. The largest absolute Gasteiger partial charge is 0.455 e. The Hall–Kier alpha value is -5.12. The number of carbonyl (C=O) groups excluding carboxylic acids is 2. The number of aromatic nitrogens is 3. The van der Waals surface area contributed by atoms with E-state index >= 15 is 0 Å². The zero-order valence-corrected chi connectivity index (χ0v) is 26.9. The number of Topliss-reactive ketones (excluding diaryl/α,β-unsaturated/α-hetero) is 1. The molecule has 0 aliphatic carbocycles. The number of anilines is 1. The summed E-state index contributed by atoms with van der Waals surface area (Å²) in [4.78, 5) is 28.3. The van der Waals surface area contributed by atoms with Gasteiger partial charge in [-0.15, -0.1) is 10.2 Å². The molecule has 0 unspecified atom stereocenters. The molecule has 0 spiro atoms. The maximum absolute atomic E-state index is 13.8. The molecule has 0 N–H and O–H groups in total. The number of sulfonamides is 1. The third kappa shape index (κ3) is 6.39. The Morgan fingerprint density at radius 3 is 2.39 bits per heavy atom. The number of fused-ring (bicyclic) bond motifs is 2. The van der Waals surface area contributed by atoms with E-state index in [1.165, 1.54) is 53.4 Å². The first-order valence-electron chi connectivity index (χ1n) is 15.0. The van der Waals surface area contributed by atoms with Crippen LogP contribution in [0.5, 0.6) is 0 Å². The van der Waals surface area contributed by atoms with Gasteiger partial charge in [0.15, 0.2) is 11.6 Å². The van der Waals surface area contributed by atoms with Crippen molar-refractivity contribution >= 4 is 38.4 Å². The monoisotopic (exact) mass is 701 g/mol. The van der Waals surface area contributed by atoms with Crippen molar-refractivity contribution < 1.29 is 44.4 Å². The Balaban J connectivity index is 1.49. The number of rotatable bonds is 9. The molecule has 3 heterocycles. The molecular formula is C33H28F5N5O5S. The van der Waals surface area contributed by atoms with Crippen LogP contribution in [0.2, 0.25) is 0 Å². The van der Waals surface area contributed by atoms with Crippen LogP contribution >= 0.6 is 0 Å². The number of hydrogen-bond donors (Lipinski definition) is 0. The standard InChI is InChI=1S/C33H28F5N5O5S/c1-3-26(44)29-24-16-23(25(43(12-11-34)49(2,46)47)17-27(24)48-30(29)19-7-9-22(35)10-8-19)20-5-4-6-21(15-20)31(45)41-13-14-42-28(18-41)39-40-32(42)33(36,37)38/h4-10,15-17H,3,11-14,18H2,1-2H3. The third-order valence-electron chi connectivity index (χ3n) is 8.18. The van der Waals surface area contributed by atoms with E-state index in [9.17, 15) is 40.0 Å². The van der Waals surface area contributed by atoms with Gasteiger partial charge in [0, 0.05) is 47.7 Å². The van der Waals surface area contributed by atoms with Crippen LogP contribution in [0.3, 0.4) is 0 Å². The zero-order chi connectivity index (χ0) is 35.2. The molecule has 5 aromatic rings. The summed E-state index contributed by atoms with van der Waals surface area (Å²) >= 11 is 0. The van der Waals surface area contributed by atoms with Crippen LogP contribution in [0.4, 0.5) is 27.6 Å². The van der Waals surface area contributed by atoms with Gasteiger partial charge in [0.05, 0.1) is 30.6 Å². The lowest BCUT2D eigenvalue weighted by molar-refractivity contribution is -0.147. The molecule has 3 aromatic carbocycles. The highest BCUT2D eigenvalue weighted by molar-refractivity contribution is 7.92. The van der Waals surface area contributed by atoms with Crippen LogP contribution in [-0.2, 0) is 29.3 Å². The summed E-state index contributed by atoms with van der Waals surface area (Å²) < 4.78 is 101. The van der Waals surface area contributed by atoms with Crippen molar-refractivity contribution in [3.05, 3.63) is 89.3 Å². The van der Waals surface area contributed by atoms with Crippen LogP contribution in [0.25, 0.3) is 33.4 Å². The van der Waals surface area contributed by atoms with Gasteiger partial charge in [-0.2, -0.15) is 13.2 Å². The van der Waals surface area contributed by atoms with Gasteiger partial charge >= 0.3 is 6.18 Å². The molecule has 49 heavy (non-hydrogen) atoms. The first-order chi connectivity index (χ1) is 23.2. The summed E-state index contributed by atoms with van der Waals surface area (Å²) in [6.07, 6.45) is -3.72. The third-order valence-corrected chi connectivity index (χ3v) is 9.36. The minimum absolute atomic E-state index is 0.0120. The molecular weight excluding hydrogens is 673 g/mol. The predicted molar refractivity (Wildman–Crippen MR) is 170 cm³/mol. The highest BCUT2D eigenvalue weighted by Crippen LogP contribution is 2.42. The molecule has 1 amide bonds. The number of hydrogen-bond acceptors (Lipinski definition) is 7. The van der Waals surface area contributed by atoms with Gasteiger partial charge in [0.1, 0.15) is 23.8 Å². The molecule has 256 valence electrons. The van der Waals surface area contributed by atoms with Crippen molar-refractivity contribution in [2.24, 2.45) is 0 Å². The fourth-order valence-electron chi connectivity index (χ4n) is 5.91. The average Bonchev–Trinajstić information content (AvgIpc) is 3.67. The van der Waals surface area contributed by atoms with Crippen molar-refractivity contribution in [2.75, 3.05) is 30.3 Å². The van der Waals surface area contributed by atoms with Gasteiger partial charge in [-0.3, -0.25) is 13.9 Å². The molecule has 0 bridgehead atoms. The number of benzene rings is 3. The van der Waals surface area contributed by atoms with Crippen LogP contribution < -0.4 is 4.31 Å². The van der Waals surface area contributed by atoms with Crippen LogP contribution in [-0.4, -0.2) is 65.8 Å². The topological polar surface area (TPSA) is 119 Å². The molecule has 0 saturated heterocycles. The van der Waals surface area contributed by atoms with Gasteiger partial charge < -0.3 is 13.9 Å². The molecule has 6 rings (SSSR count). The maximum atomic E-state index is 13.8. The molecule has 0 radical (unpaired) electrons. The summed E-state index contributed by atoms with van der Waals surface area (Å²) in [6, 6.07) is 14.3. The van der Waals surface area contributed by atoms with Crippen molar-refractivity contribution in [1.82, 2.24) is 19.7 Å². The quantitative estimate of drug-likeness (QED) is 0.127. The van der Waals surface area contributed by atoms with Gasteiger partial charge in [0.2, 0.25) is 15.8 Å². The summed E-state index contributed by atoms with van der Waals surface area (Å²) in [5.41, 5.74) is 1.39. The van der Waals surface area contributed by atoms with Crippen LogP contribution in [0.15, 0.2) is 65.1 Å². The van der Waals surface area contributed by atoms with Crippen molar-refractivity contribution in [3.8, 4) is 22.5 Å². The molecule has 0 atom stereocenters. The number of carbonyl (C=O) groups is 2. The SMILES string of the molecule is CCC(=O)c1c(-c2ccc(F)cc2)oc2cc(N(CCF)S(C)(=O)=O)c(-c3cccc(C(=O)N4CCn5c(nnc5C(F)(F)F)C4)c3)cc12. The summed E-state index contributed by atoms with van der Waals surface area (Å²) in [6.45, 7) is -0.392. The van der Waals surface area contributed by atoms with Crippen LogP contribution in [0, 0.1) is 5.82 Å². The van der Waals surface area contributed by atoms with Crippen LogP contribution in [0.1, 0.15) is 45.7 Å². The highest BCUT2D eigenvalue weighted by Gasteiger charge is 2.40. The summed E-state index contributed by atoms with van der Waals surface area (Å²) in [7, 11) is -4.07. The van der Waals surface area contributed by atoms with E-state index in [0.29, 0.717) is 16.5 Å². The lowest BCUT2D eigenvalue weighted by atomic mass is 9.95. The Morgan fingerprint density at radius 1 is 1.00 bits per heavy atom. The number of nitrogens with zero attached hydrogens (tertiary/aromatic N) is 5. The van der Waals surface area contributed by atoms with Crippen molar-refractivity contribution in [2.45, 2.75) is 32.6 Å². The van der Waals surface area contributed by atoms with E-state index in [4.69, 9.17) is 4.42 Å². The number of halogens is 5. The lowest BCUT2D eigenvalue weighted by Crippen LogP contribution is -2.39. The van der Waals surface area contributed by atoms with E-state index in [-0.39, 0.29) is 71.4 Å². The minimum Gasteiger partial charge on any atom is -0.455 e. The van der Waals surface area contributed by atoms with Gasteiger partial charge in [-0.1, -0.05) is 19.1 Å². The van der Waals surface area contributed by atoms with Crippen molar-refractivity contribution in [1.29, 1.82) is 0 Å². The normalized spacial score (nSPS) is 13.5. The molecule has 16 heteroatoms. The second-order valence-electron chi connectivity index (χ2n) is 11.4. The second-order valence-corrected chi connectivity index (χ2v) is 13.3. The zero-order valence-electron chi connectivity index (χ0n) is 26.1. The first kappa shape index (κ1) is 33.8. The molecule has 0 saturated carbocycles. The minimum atomic E-state index is -4.71. The smallest absolute Gasteiger partial charge is 0.451 e. The number of amides is 1. The second kappa shape index (κ2) is 12.7. The maximum Gasteiger partial charge on any atom is 0.451 e. The van der Waals surface area contributed by atoms with Gasteiger partial charge in [0.25, 0.3) is 5.91 Å². The number of furan rings is 1. The van der Waals surface area contributed by atoms with Gasteiger partial charge in [-0.25, -0.2) is 17.2 Å². The molecule has 10 nitrogen and oxygen atoms in total. The lowest BCUT2D eigenvalue weighted by Gasteiger charge is -2.28. The first-order valence-corrected chi connectivity index (χ1v) is 16.9. The van der Waals surface area contributed by atoms with E-state index in [1.807, 2.05) is 0 Å². The van der Waals surface area contributed by atoms with E-state index in [1.54, 1.807) is 19.1 Å².